The lowest BCUT2D eigenvalue weighted by atomic mass is 9.81. The van der Waals surface area contributed by atoms with Gasteiger partial charge in [-0.3, -0.25) is 9.59 Å². The van der Waals surface area contributed by atoms with Crippen LogP contribution in [0.3, 0.4) is 0 Å². The van der Waals surface area contributed by atoms with E-state index in [0.717, 1.165) is 11.3 Å². The number of nitrogens with one attached hydrogen (secondary N) is 2. The summed E-state index contributed by atoms with van der Waals surface area (Å²) in [6, 6.07) is 7.43. The molecule has 0 bridgehead atoms. The van der Waals surface area contributed by atoms with Crippen molar-refractivity contribution in [3.05, 3.63) is 29.8 Å². The molecule has 26 heavy (non-hydrogen) atoms. The number of benzene rings is 1. The van der Waals surface area contributed by atoms with Gasteiger partial charge in [0.2, 0.25) is 11.8 Å². The second-order valence-electron chi connectivity index (χ2n) is 7.46. The summed E-state index contributed by atoms with van der Waals surface area (Å²) in [5.41, 5.74) is 1.86. The summed E-state index contributed by atoms with van der Waals surface area (Å²) >= 11 is 0. The largest absolute Gasteiger partial charge is 0.352 e. The third-order valence-corrected chi connectivity index (χ3v) is 7.22. The Balaban J connectivity index is 1.47. The molecule has 0 spiro atoms. The monoisotopic (exact) mass is 378 g/mol. The lowest BCUT2D eigenvalue weighted by Crippen LogP contribution is -2.41. The molecule has 142 valence electrons. The second-order valence-corrected chi connectivity index (χ2v) is 9.69. The van der Waals surface area contributed by atoms with E-state index in [9.17, 15) is 18.0 Å². The van der Waals surface area contributed by atoms with Crippen molar-refractivity contribution in [2.45, 2.75) is 45.1 Å². The van der Waals surface area contributed by atoms with Crippen LogP contribution in [0.5, 0.6) is 0 Å². The quantitative estimate of drug-likeness (QED) is 0.839. The molecule has 1 aromatic carbocycles. The van der Waals surface area contributed by atoms with E-state index in [1.165, 1.54) is 0 Å². The Morgan fingerprint density at radius 1 is 0.962 bits per heavy atom. The summed E-state index contributed by atoms with van der Waals surface area (Å²) in [5.74, 6) is -0.0484. The molecule has 3 rings (SSSR count). The zero-order valence-corrected chi connectivity index (χ0v) is 15.8. The molecule has 1 aliphatic heterocycles. The van der Waals surface area contributed by atoms with Crippen LogP contribution in [0.2, 0.25) is 0 Å². The lowest BCUT2D eigenvalue weighted by molar-refractivity contribution is -0.129. The van der Waals surface area contributed by atoms with Gasteiger partial charge in [-0.25, -0.2) is 8.42 Å². The van der Waals surface area contributed by atoms with Gasteiger partial charge in [-0.2, -0.15) is 0 Å². The van der Waals surface area contributed by atoms with E-state index in [1.54, 1.807) is 0 Å². The summed E-state index contributed by atoms with van der Waals surface area (Å²) in [7, 11) is -2.99. The average molecular weight is 378 g/mol. The maximum Gasteiger partial charge on any atom is 0.227 e. The van der Waals surface area contributed by atoms with E-state index in [-0.39, 0.29) is 41.2 Å². The third kappa shape index (κ3) is 4.63. The summed E-state index contributed by atoms with van der Waals surface area (Å²) in [4.78, 5) is 24.8. The number of sulfone groups is 1. The van der Waals surface area contributed by atoms with Gasteiger partial charge in [0.05, 0.1) is 11.5 Å². The number of aryl methyl sites for hydroxylation is 1. The minimum absolute atomic E-state index is 0.0139. The highest BCUT2D eigenvalue weighted by atomic mass is 32.2. The van der Waals surface area contributed by atoms with Crippen LogP contribution in [0.1, 0.15) is 37.7 Å². The van der Waals surface area contributed by atoms with Crippen molar-refractivity contribution in [2.24, 2.45) is 11.8 Å². The second kappa shape index (κ2) is 7.78. The van der Waals surface area contributed by atoms with Crippen LogP contribution in [-0.2, 0) is 19.4 Å². The minimum atomic E-state index is -2.99. The molecular formula is C19H26N2O4S. The Kier molecular flexibility index (Phi) is 5.65. The van der Waals surface area contributed by atoms with Crippen molar-refractivity contribution in [3.63, 3.8) is 0 Å². The Morgan fingerprint density at radius 3 is 2.15 bits per heavy atom. The van der Waals surface area contributed by atoms with Crippen LogP contribution < -0.4 is 10.6 Å². The molecule has 2 aliphatic rings. The van der Waals surface area contributed by atoms with E-state index in [2.05, 4.69) is 10.6 Å². The molecule has 2 N–H and O–H groups in total. The first-order valence-corrected chi connectivity index (χ1v) is 11.0. The predicted octanol–water partition coefficient (Wildman–Crippen LogP) is 2.04. The highest BCUT2D eigenvalue weighted by Crippen LogP contribution is 2.30. The van der Waals surface area contributed by atoms with E-state index < -0.39 is 9.84 Å². The number of hydrogen-bond donors (Lipinski definition) is 2. The Morgan fingerprint density at radius 2 is 1.58 bits per heavy atom. The van der Waals surface area contributed by atoms with Crippen LogP contribution in [0.15, 0.2) is 24.3 Å². The van der Waals surface area contributed by atoms with Crippen molar-refractivity contribution in [1.82, 2.24) is 5.32 Å². The molecule has 1 aliphatic carbocycles. The van der Waals surface area contributed by atoms with Gasteiger partial charge >= 0.3 is 0 Å². The summed E-state index contributed by atoms with van der Waals surface area (Å²) in [5, 5.41) is 5.86. The molecule has 1 saturated carbocycles. The highest BCUT2D eigenvalue weighted by molar-refractivity contribution is 7.91. The number of carbonyl (C=O) groups is 2. The molecule has 1 aromatic rings. The van der Waals surface area contributed by atoms with Gasteiger partial charge in [-0.1, -0.05) is 18.2 Å². The summed E-state index contributed by atoms with van der Waals surface area (Å²) in [6.45, 7) is 1.96. The molecule has 1 saturated heterocycles. The maximum absolute atomic E-state index is 12.5. The fourth-order valence-corrected chi connectivity index (χ4v) is 5.47. The normalized spacial score (nSPS) is 27.7. The molecule has 6 nitrogen and oxygen atoms in total. The first kappa shape index (κ1) is 18.9. The van der Waals surface area contributed by atoms with Crippen molar-refractivity contribution < 1.29 is 18.0 Å². The number of hydrogen-bond acceptors (Lipinski definition) is 4. The Bertz CT molecular complexity index is 782. The van der Waals surface area contributed by atoms with Gasteiger partial charge in [0.1, 0.15) is 0 Å². The molecule has 2 amide bonds. The van der Waals surface area contributed by atoms with E-state index in [0.29, 0.717) is 32.1 Å². The Hall–Kier alpha value is -1.89. The first-order valence-electron chi connectivity index (χ1n) is 9.21. The van der Waals surface area contributed by atoms with Gasteiger partial charge in [-0.05, 0) is 50.7 Å². The zero-order chi connectivity index (χ0) is 18.7. The van der Waals surface area contributed by atoms with Crippen LogP contribution in [0.25, 0.3) is 0 Å². The number of carbonyl (C=O) groups excluding carboxylic acids is 2. The van der Waals surface area contributed by atoms with Crippen molar-refractivity contribution in [2.75, 3.05) is 16.8 Å². The van der Waals surface area contributed by atoms with Crippen molar-refractivity contribution in [1.29, 1.82) is 0 Å². The van der Waals surface area contributed by atoms with Crippen molar-refractivity contribution in [3.8, 4) is 0 Å². The predicted molar refractivity (Wildman–Crippen MR) is 100 cm³/mol. The standard InChI is InChI=1S/C19H26N2O4S/c1-13-4-2-3-5-17(13)21-19(23)15-8-6-14(7-9-15)18(22)20-16-10-11-26(24,25)12-16/h2-5,14-16H,6-12H2,1H3,(H,20,22)(H,21,23). The highest BCUT2D eigenvalue weighted by Gasteiger charge is 2.33. The van der Waals surface area contributed by atoms with Gasteiger partial charge in [-0.15, -0.1) is 0 Å². The smallest absolute Gasteiger partial charge is 0.227 e. The van der Waals surface area contributed by atoms with Crippen LogP contribution in [0, 0.1) is 18.8 Å². The number of amides is 2. The zero-order valence-electron chi connectivity index (χ0n) is 15.0. The molecule has 0 aromatic heterocycles. The minimum Gasteiger partial charge on any atom is -0.352 e. The third-order valence-electron chi connectivity index (χ3n) is 5.45. The van der Waals surface area contributed by atoms with Crippen LogP contribution in [0.4, 0.5) is 5.69 Å². The SMILES string of the molecule is Cc1ccccc1NC(=O)C1CCC(C(=O)NC2CCS(=O)(=O)C2)CC1. The van der Waals surface area contributed by atoms with E-state index in [4.69, 9.17) is 0 Å². The molecular weight excluding hydrogens is 352 g/mol. The lowest BCUT2D eigenvalue weighted by Gasteiger charge is -2.28. The van der Waals surface area contributed by atoms with Crippen LogP contribution in [-0.4, -0.2) is 37.8 Å². The first-order chi connectivity index (χ1) is 12.3. The molecule has 0 radical (unpaired) electrons. The molecule has 1 heterocycles. The number of rotatable bonds is 4. The molecule has 7 heteroatoms. The molecule has 2 fully saturated rings. The molecule has 1 atom stereocenters. The number of para-hydroxylation sites is 1. The van der Waals surface area contributed by atoms with Gasteiger partial charge < -0.3 is 10.6 Å². The van der Waals surface area contributed by atoms with E-state index >= 15 is 0 Å². The number of anilines is 1. The maximum atomic E-state index is 12.5. The van der Waals surface area contributed by atoms with Gasteiger partial charge in [0.15, 0.2) is 9.84 Å². The summed E-state index contributed by atoms with van der Waals surface area (Å²) in [6.07, 6.45) is 3.19. The Labute approximate surface area is 154 Å². The summed E-state index contributed by atoms with van der Waals surface area (Å²) < 4.78 is 23.0. The molecule has 1 unspecified atom stereocenters. The topological polar surface area (TPSA) is 92.3 Å². The van der Waals surface area contributed by atoms with Gasteiger partial charge in [0, 0.05) is 23.6 Å². The average Bonchev–Trinajstić information content (AvgIpc) is 2.95. The van der Waals surface area contributed by atoms with Crippen molar-refractivity contribution >= 4 is 27.3 Å². The van der Waals surface area contributed by atoms with Crippen LogP contribution >= 0.6 is 0 Å². The fraction of sp³-hybridized carbons (Fsp3) is 0.579. The van der Waals surface area contributed by atoms with Gasteiger partial charge in [0.25, 0.3) is 0 Å². The fourth-order valence-electron chi connectivity index (χ4n) is 3.79. The van der Waals surface area contributed by atoms with E-state index in [1.807, 2.05) is 31.2 Å².